The van der Waals surface area contributed by atoms with Crippen LogP contribution in [0.3, 0.4) is 0 Å². The van der Waals surface area contributed by atoms with Crippen LogP contribution in [0.15, 0.2) is 47.2 Å². The number of halogens is 2. The first-order chi connectivity index (χ1) is 9.58. The Morgan fingerprint density at radius 3 is 2.80 bits per heavy atom. The zero-order valence-electron chi connectivity index (χ0n) is 10.0. The van der Waals surface area contributed by atoms with Crippen molar-refractivity contribution in [1.29, 1.82) is 0 Å². The fourth-order valence-electron chi connectivity index (χ4n) is 2.10. The number of hydrogen-bond acceptors (Lipinski definition) is 2. The molecule has 6 heteroatoms. The van der Waals surface area contributed by atoms with Crippen LogP contribution in [0.4, 0.5) is 0 Å². The molecule has 0 spiro atoms. The number of aromatic nitrogens is 2. The number of benzene rings is 2. The summed E-state index contributed by atoms with van der Waals surface area (Å²) < 4.78 is 2.54. The van der Waals surface area contributed by atoms with Gasteiger partial charge in [0.2, 0.25) is 0 Å². The van der Waals surface area contributed by atoms with Gasteiger partial charge in [-0.2, -0.15) is 0 Å². The highest BCUT2D eigenvalue weighted by Crippen LogP contribution is 2.28. The number of fused-ring (bicyclic) bond motifs is 1. The molecule has 3 rings (SSSR count). The lowest BCUT2D eigenvalue weighted by molar-refractivity contribution is 0.0698. The molecule has 0 amide bonds. The average molecular weight is 352 g/mol. The lowest BCUT2D eigenvalue weighted by Crippen LogP contribution is -2.02. The van der Waals surface area contributed by atoms with Crippen molar-refractivity contribution in [2.24, 2.45) is 0 Å². The molecule has 3 aromatic rings. The highest BCUT2D eigenvalue weighted by Gasteiger charge is 2.15. The van der Waals surface area contributed by atoms with Crippen LogP contribution in [0.25, 0.3) is 16.7 Å². The first-order valence-electron chi connectivity index (χ1n) is 5.72. The van der Waals surface area contributed by atoms with Gasteiger partial charge in [-0.15, -0.1) is 0 Å². The van der Waals surface area contributed by atoms with E-state index < -0.39 is 5.97 Å². The van der Waals surface area contributed by atoms with E-state index in [1.54, 1.807) is 35.2 Å². The van der Waals surface area contributed by atoms with Gasteiger partial charge in [-0.1, -0.05) is 33.6 Å². The van der Waals surface area contributed by atoms with Gasteiger partial charge < -0.3 is 5.11 Å². The molecule has 2 aromatic carbocycles. The van der Waals surface area contributed by atoms with Crippen molar-refractivity contribution in [2.45, 2.75) is 0 Å². The van der Waals surface area contributed by atoms with Gasteiger partial charge in [0, 0.05) is 4.47 Å². The van der Waals surface area contributed by atoms with E-state index in [2.05, 4.69) is 20.9 Å². The topological polar surface area (TPSA) is 55.1 Å². The Balaban J connectivity index is 2.34. The summed E-state index contributed by atoms with van der Waals surface area (Å²) >= 11 is 9.57. The maximum atomic E-state index is 11.4. The summed E-state index contributed by atoms with van der Waals surface area (Å²) in [6, 6.07) is 10.4. The quantitative estimate of drug-likeness (QED) is 0.755. The van der Waals surface area contributed by atoms with E-state index in [4.69, 9.17) is 11.6 Å². The van der Waals surface area contributed by atoms with Gasteiger partial charge in [-0.05, 0) is 30.3 Å². The van der Waals surface area contributed by atoms with Gasteiger partial charge >= 0.3 is 5.97 Å². The van der Waals surface area contributed by atoms with E-state index in [1.165, 1.54) is 0 Å². The second-order valence-electron chi connectivity index (χ2n) is 4.19. The molecule has 1 aromatic heterocycles. The molecule has 100 valence electrons. The van der Waals surface area contributed by atoms with Crippen LogP contribution < -0.4 is 0 Å². The van der Waals surface area contributed by atoms with Crippen molar-refractivity contribution in [3.8, 4) is 5.69 Å². The molecular formula is C14H8BrClN2O2. The number of carbonyl (C=O) groups is 1. The number of para-hydroxylation sites is 1. The van der Waals surface area contributed by atoms with E-state index in [0.29, 0.717) is 21.7 Å². The Labute approximate surface area is 127 Å². The standard InChI is InChI=1S/C14H8BrClN2O2/c15-8-4-5-12(10(16)6-8)18-7-17-11-3-1-2-9(13(11)18)14(19)20/h1-7H,(H,19,20). The van der Waals surface area contributed by atoms with E-state index in [-0.39, 0.29) is 5.56 Å². The van der Waals surface area contributed by atoms with E-state index in [9.17, 15) is 9.90 Å². The second kappa shape index (κ2) is 4.92. The Hall–Kier alpha value is -1.85. The van der Waals surface area contributed by atoms with Crippen LogP contribution in [-0.4, -0.2) is 20.6 Å². The number of rotatable bonds is 2. The Kier molecular flexibility index (Phi) is 3.23. The molecule has 1 heterocycles. The summed E-state index contributed by atoms with van der Waals surface area (Å²) in [5, 5.41) is 9.82. The maximum Gasteiger partial charge on any atom is 0.337 e. The van der Waals surface area contributed by atoms with Gasteiger partial charge in [0.15, 0.2) is 0 Å². The average Bonchev–Trinajstić information content (AvgIpc) is 2.82. The van der Waals surface area contributed by atoms with Crippen LogP contribution in [-0.2, 0) is 0 Å². The lowest BCUT2D eigenvalue weighted by Gasteiger charge is -2.08. The molecule has 4 nitrogen and oxygen atoms in total. The summed E-state index contributed by atoms with van der Waals surface area (Å²) in [6.07, 6.45) is 1.58. The van der Waals surface area contributed by atoms with Crippen LogP contribution in [0.5, 0.6) is 0 Å². The molecule has 0 radical (unpaired) electrons. The summed E-state index contributed by atoms with van der Waals surface area (Å²) in [6.45, 7) is 0. The summed E-state index contributed by atoms with van der Waals surface area (Å²) in [5.41, 5.74) is 2.03. The lowest BCUT2D eigenvalue weighted by atomic mass is 10.2. The van der Waals surface area contributed by atoms with Crippen molar-refractivity contribution in [2.75, 3.05) is 0 Å². The van der Waals surface area contributed by atoms with E-state index in [1.807, 2.05) is 12.1 Å². The minimum Gasteiger partial charge on any atom is -0.478 e. The van der Waals surface area contributed by atoms with E-state index in [0.717, 1.165) is 4.47 Å². The van der Waals surface area contributed by atoms with Crippen LogP contribution in [0.1, 0.15) is 10.4 Å². The molecular weight excluding hydrogens is 344 g/mol. The van der Waals surface area contributed by atoms with Crippen LogP contribution in [0, 0.1) is 0 Å². The third-order valence-electron chi connectivity index (χ3n) is 2.97. The molecule has 0 unspecified atom stereocenters. The van der Waals surface area contributed by atoms with Crippen molar-refractivity contribution in [1.82, 2.24) is 9.55 Å². The second-order valence-corrected chi connectivity index (χ2v) is 5.51. The molecule has 0 saturated heterocycles. The predicted octanol–water partition coefficient (Wildman–Crippen LogP) is 4.14. The Bertz CT molecular complexity index is 829. The number of aromatic carboxylic acids is 1. The normalized spacial score (nSPS) is 10.9. The van der Waals surface area contributed by atoms with Gasteiger partial charge in [0.05, 0.1) is 27.3 Å². The number of nitrogens with zero attached hydrogens (tertiary/aromatic N) is 2. The Morgan fingerprint density at radius 2 is 2.10 bits per heavy atom. The molecule has 0 aliphatic heterocycles. The van der Waals surface area contributed by atoms with Gasteiger partial charge in [-0.3, -0.25) is 4.57 Å². The van der Waals surface area contributed by atoms with Gasteiger partial charge in [0.1, 0.15) is 6.33 Å². The third kappa shape index (κ3) is 2.09. The number of hydrogen-bond donors (Lipinski definition) is 1. The fraction of sp³-hybridized carbons (Fsp3) is 0. The van der Waals surface area contributed by atoms with Crippen LogP contribution >= 0.6 is 27.5 Å². The SMILES string of the molecule is O=C(O)c1cccc2ncn(-c3ccc(Br)cc3Cl)c12. The highest BCUT2D eigenvalue weighted by atomic mass is 79.9. The maximum absolute atomic E-state index is 11.4. The minimum atomic E-state index is -0.995. The number of carboxylic acid groups (broad SMARTS) is 1. The Morgan fingerprint density at radius 1 is 1.30 bits per heavy atom. The first kappa shape index (κ1) is 13.1. The number of carboxylic acids is 1. The summed E-state index contributed by atoms with van der Waals surface area (Å²) in [5.74, 6) is -0.995. The van der Waals surface area contributed by atoms with E-state index >= 15 is 0 Å². The van der Waals surface area contributed by atoms with Crippen molar-refractivity contribution in [3.05, 3.63) is 57.8 Å². The molecule has 1 N–H and O–H groups in total. The molecule has 20 heavy (non-hydrogen) atoms. The molecule has 0 aliphatic carbocycles. The smallest absolute Gasteiger partial charge is 0.337 e. The zero-order valence-corrected chi connectivity index (χ0v) is 12.4. The summed E-state index contributed by atoms with van der Waals surface area (Å²) in [4.78, 5) is 15.6. The molecule has 0 atom stereocenters. The first-order valence-corrected chi connectivity index (χ1v) is 6.90. The summed E-state index contributed by atoms with van der Waals surface area (Å²) in [7, 11) is 0. The fourth-order valence-corrected chi connectivity index (χ4v) is 2.86. The van der Waals surface area contributed by atoms with Crippen LogP contribution in [0.2, 0.25) is 5.02 Å². The molecule has 0 aliphatic rings. The predicted molar refractivity (Wildman–Crippen MR) is 80.7 cm³/mol. The van der Waals surface area contributed by atoms with Gasteiger partial charge in [0.25, 0.3) is 0 Å². The zero-order chi connectivity index (χ0) is 14.3. The van der Waals surface area contributed by atoms with Crippen molar-refractivity contribution in [3.63, 3.8) is 0 Å². The molecule has 0 fully saturated rings. The largest absolute Gasteiger partial charge is 0.478 e. The molecule has 0 saturated carbocycles. The minimum absolute atomic E-state index is 0.194. The molecule has 0 bridgehead atoms. The third-order valence-corrected chi connectivity index (χ3v) is 3.76. The van der Waals surface area contributed by atoms with Crippen molar-refractivity contribution < 1.29 is 9.90 Å². The van der Waals surface area contributed by atoms with Crippen molar-refractivity contribution >= 4 is 44.5 Å². The van der Waals surface area contributed by atoms with Gasteiger partial charge in [-0.25, -0.2) is 9.78 Å². The monoisotopic (exact) mass is 350 g/mol. The number of imidazole rings is 1. The highest BCUT2D eigenvalue weighted by molar-refractivity contribution is 9.10.